The molecule has 0 heterocycles. The average molecular weight is 379 g/mol. The molecule has 0 saturated heterocycles. The van der Waals surface area contributed by atoms with Gasteiger partial charge in [-0.2, -0.15) is 0 Å². The summed E-state index contributed by atoms with van der Waals surface area (Å²) in [6.45, 7) is 1.98. The Morgan fingerprint density at radius 1 is 0.893 bits per heavy atom. The molecule has 0 fully saturated rings. The van der Waals surface area contributed by atoms with Crippen LogP contribution in [-0.4, -0.2) is 27.2 Å². The lowest BCUT2D eigenvalue weighted by Gasteiger charge is -2.17. The second kappa shape index (κ2) is 8.65. The van der Waals surface area contributed by atoms with Crippen molar-refractivity contribution in [1.82, 2.24) is 5.32 Å². The molecule has 28 heavy (non-hydrogen) atoms. The first-order chi connectivity index (χ1) is 13.5. The standard InChI is InChI=1S/C23H25NO4/c1-15(18-10-9-17-7-5-6-8-19(17)14-18)24-22(25)13-16-11-20(26-2)23(28-4)21(12-16)27-3/h5-12,14-15H,13H2,1-4H3,(H,24,25). The third-order valence-corrected chi connectivity index (χ3v) is 4.74. The highest BCUT2D eigenvalue weighted by Gasteiger charge is 2.16. The fraction of sp³-hybridized carbons (Fsp3) is 0.261. The van der Waals surface area contributed by atoms with E-state index in [1.807, 2.05) is 25.1 Å². The highest BCUT2D eigenvalue weighted by molar-refractivity contribution is 5.84. The van der Waals surface area contributed by atoms with Crippen LogP contribution in [0.1, 0.15) is 24.1 Å². The molecule has 146 valence electrons. The zero-order valence-electron chi connectivity index (χ0n) is 16.6. The monoisotopic (exact) mass is 379 g/mol. The number of rotatable bonds is 7. The van der Waals surface area contributed by atoms with Gasteiger partial charge in [-0.1, -0.05) is 36.4 Å². The van der Waals surface area contributed by atoms with Crippen LogP contribution in [0.3, 0.4) is 0 Å². The smallest absolute Gasteiger partial charge is 0.224 e. The van der Waals surface area contributed by atoms with Crippen molar-refractivity contribution < 1.29 is 19.0 Å². The number of benzene rings is 3. The molecule has 1 atom stereocenters. The Hall–Kier alpha value is -3.21. The Kier molecular flexibility index (Phi) is 6.04. The van der Waals surface area contributed by atoms with E-state index in [0.29, 0.717) is 17.2 Å². The van der Waals surface area contributed by atoms with Crippen molar-refractivity contribution in [3.63, 3.8) is 0 Å². The van der Waals surface area contributed by atoms with Crippen LogP contribution in [0, 0.1) is 0 Å². The molecule has 3 aromatic rings. The molecule has 1 N–H and O–H groups in total. The number of fused-ring (bicyclic) bond motifs is 1. The Labute approximate surface area is 165 Å². The van der Waals surface area contributed by atoms with Crippen molar-refractivity contribution >= 4 is 16.7 Å². The van der Waals surface area contributed by atoms with Crippen molar-refractivity contribution in [2.75, 3.05) is 21.3 Å². The number of methoxy groups -OCH3 is 3. The topological polar surface area (TPSA) is 56.8 Å². The van der Waals surface area contributed by atoms with Gasteiger partial charge >= 0.3 is 0 Å². The summed E-state index contributed by atoms with van der Waals surface area (Å²) in [5, 5.41) is 5.40. The Morgan fingerprint density at radius 3 is 2.14 bits per heavy atom. The summed E-state index contributed by atoms with van der Waals surface area (Å²) in [6.07, 6.45) is 0.217. The van der Waals surface area contributed by atoms with Crippen molar-refractivity contribution in [1.29, 1.82) is 0 Å². The van der Waals surface area contributed by atoms with Gasteiger partial charge in [0.05, 0.1) is 33.8 Å². The van der Waals surface area contributed by atoms with E-state index >= 15 is 0 Å². The van der Waals surface area contributed by atoms with Gasteiger partial charge in [0.25, 0.3) is 0 Å². The lowest BCUT2D eigenvalue weighted by atomic mass is 10.0. The molecule has 3 aromatic carbocycles. The van der Waals surface area contributed by atoms with Crippen molar-refractivity contribution in [2.24, 2.45) is 0 Å². The van der Waals surface area contributed by atoms with Gasteiger partial charge in [-0.05, 0) is 47.0 Å². The summed E-state index contributed by atoms with van der Waals surface area (Å²) in [7, 11) is 4.67. The van der Waals surface area contributed by atoms with Crippen molar-refractivity contribution in [3.8, 4) is 17.2 Å². The number of hydrogen-bond acceptors (Lipinski definition) is 4. The minimum Gasteiger partial charge on any atom is -0.493 e. The fourth-order valence-electron chi connectivity index (χ4n) is 3.28. The van der Waals surface area contributed by atoms with Gasteiger partial charge in [0.15, 0.2) is 11.5 Å². The number of hydrogen-bond donors (Lipinski definition) is 1. The first-order valence-corrected chi connectivity index (χ1v) is 9.12. The lowest BCUT2D eigenvalue weighted by molar-refractivity contribution is -0.121. The van der Waals surface area contributed by atoms with Crippen LogP contribution in [-0.2, 0) is 11.2 Å². The Balaban J connectivity index is 1.74. The van der Waals surface area contributed by atoms with E-state index in [9.17, 15) is 4.79 Å². The third-order valence-electron chi connectivity index (χ3n) is 4.74. The second-order valence-corrected chi connectivity index (χ2v) is 6.61. The first kappa shape index (κ1) is 19.5. The maximum atomic E-state index is 12.6. The molecule has 0 aliphatic carbocycles. The van der Waals surface area contributed by atoms with Crippen LogP contribution in [0.15, 0.2) is 54.6 Å². The molecule has 0 aliphatic heterocycles. The third kappa shape index (κ3) is 4.19. The summed E-state index contributed by atoms with van der Waals surface area (Å²) in [6, 6.07) is 17.9. The molecule has 1 unspecified atom stereocenters. The summed E-state index contributed by atoms with van der Waals surface area (Å²) in [4.78, 5) is 12.6. The SMILES string of the molecule is COc1cc(CC(=O)NC(C)c2ccc3ccccc3c2)cc(OC)c1OC. The van der Waals surface area contributed by atoms with Gasteiger partial charge in [0.1, 0.15) is 0 Å². The van der Waals surface area contributed by atoms with E-state index in [2.05, 4.69) is 29.6 Å². The van der Waals surface area contributed by atoms with E-state index < -0.39 is 0 Å². The van der Waals surface area contributed by atoms with E-state index in [4.69, 9.17) is 14.2 Å². The summed E-state index contributed by atoms with van der Waals surface area (Å²) < 4.78 is 16.0. The number of ether oxygens (including phenoxy) is 3. The maximum Gasteiger partial charge on any atom is 0.224 e. The molecule has 0 radical (unpaired) electrons. The molecule has 0 spiro atoms. The highest BCUT2D eigenvalue weighted by atomic mass is 16.5. The van der Waals surface area contributed by atoms with Gasteiger partial charge in [0, 0.05) is 0 Å². The molecular weight excluding hydrogens is 354 g/mol. The summed E-state index contributed by atoms with van der Waals surface area (Å²) in [5.74, 6) is 1.51. The van der Waals surface area contributed by atoms with Gasteiger partial charge in [-0.15, -0.1) is 0 Å². The van der Waals surface area contributed by atoms with Gasteiger partial charge < -0.3 is 19.5 Å². The van der Waals surface area contributed by atoms with E-state index in [0.717, 1.165) is 16.5 Å². The van der Waals surface area contributed by atoms with Crippen LogP contribution in [0.2, 0.25) is 0 Å². The van der Waals surface area contributed by atoms with Crippen LogP contribution in [0.4, 0.5) is 0 Å². The highest BCUT2D eigenvalue weighted by Crippen LogP contribution is 2.38. The second-order valence-electron chi connectivity index (χ2n) is 6.61. The van der Waals surface area contributed by atoms with Gasteiger partial charge in [-0.25, -0.2) is 0 Å². The molecule has 0 aromatic heterocycles. The zero-order valence-corrected chi connectivity index (χ0v) is 16.6. The number of carbonyl (C=O) groups is 1. The average Bonchev–Trinajstić information content (AvgIpc) is 2.72. The predicted molar refractivity (Wildman–Crippen MR) is 110 cm³/mol. The molecule has 1 amide bonds. The van der Waals surface area contributed by atoms with Crippen LogP contribution in [0.5, 0.6) is 17.2 Å². The number of amides is 1. The van der Waals surface area contributed by atoms with E-state index in [-0.39, 0.29) is 18.4 Å². The summed E-state index contributed by atoms with van der Waals surface area (Å²) >= 11 is 0. The largest absolute Gasteiger partial charge is 0.493 e. The molecule has 3 rings (SSSR count). The minimum atomic E-state index is -0.0980. The van der Waals surface area contributed by atoms with Crippen LogP contribution >= 0.6 is 0 Å². The summed E-state index contributed by atoms with van der Waals surface area (Å²) in [5.41, 5.74) is 1.86. The first-order valence-electron chi connectivity index (χ1n) is 9.12. The fourth-order valence-corrected chi connectivity index (χ4v) is 3.28. The molecule has 0 saturated carbocycles. The van der Waals surface area contributed by atoms with Crippen molar-refractivity contribution in [2.45, 2.75) is 19.4 Å². The quantitative estimate of drug-likeness (QED) is 0.665. The van der Waals surface area contributed by atoms with E-state index in [1.165, 1.54) is 5.39 Å². The maximum absolute atomic E-state index is 12.6. The molecular formula is C23H25NO4. The predicted octanol–water partition coefficient (Wildman–Crippen LogP) is 4.29. The Bertz CT molecular complexity index is 958. The molecule has 0 aliphatic rings. The number of nitrogens with one attached hydrogen (secondary N) is 1. The zero-order chi connectivity index (χ0) is 20.1. The van der Waals surface area contributed by atoms with Crippen molar-refractivity contribution in [3.05, 3.63) is 65.7 Å². The normalized spacial score (nSPS) is 11.7. The van der Waals surface area contributed by atoms with Crippen LogP contribution < -0.4 is 19.5 Å². The molecule has 5 heteroatoms. The molecule has 0 bridgehead atoms. The lowest BCUT2D eigenvalue weighted by Crippen LogP contribution is -2.28. The van der Waals surface area contributed by atoms with E-state index in [1.54, 1.807) is 33.5 Å². The Morgan fingerprint density at radius 2 is 1.54 bits per heavy atom. The van der Waals surface area contributed by atoms with Gasteiger partial charge in [-0.3, -0.25) is 4.79 Å². The molecule has 5 nitrogen and oxygen atoms in total. The van der Waals surface area contributed by atoms with Gasteiger partial charge in [0.2, 0.25) is 11.7 Å². The minimum absolute atomic E-state index is 0.0741. The number of carbonyl (C=O) groups excluding carboxylic acids is 1. The van der Waals surface area contributed by atoms with Crippen LogP contribution in [0.25, 0.3) is 10.8 Å².